The van der Waals surface area contributed by atoms with Gasteiger partial charge in [0, 0.05) is 6.04 Å². The third kappa shape index (κ3) is 2.91. The van der Waals surface area contributed by atoms with Crippen LogP contribution in [0.1, 0.15) is 51.5 Å². The van der Waals surface area contributed by atoms with Gasteiger partial charge in [0.2, 0.25) is 5.82 Å². The maximum Gasteiger partial charge on any atom is 0.329 e. The molecule has 2 rings (SSSR count). The van der Waals surface area contributed by atoms with Gasteiger partial charge in [-0.1, -0.05) is 31.4 Å². The second-order valence-electron chi connectivity index (χ2n) is 5.20. The number of nitrogens with zero attached hydrogens (tertiary/aromatic N) is 1. The summed E-state index contributed by atoms with van der Waals surface area (Å²) in [6.07, 6.45) is 5.77. The average Bonchev–Trinajstić information content (AvgIpc) is 2.38. The molecule has 1 N–H and O–H groups in total. The number of hydrogen-bond donors (Lipinski definition) is 1. The largest absolute Gasteiger partial charge is 0.329 e. The minimum absolute atomic E-state index is 0.212. The van der Waals surface area contributed by atoms with Crippen molar-refractivity contribution in [2.45, 2.75) is 51.5 Å². The Kier molecular flexibility index (Phi) is 4.45. The summed E-state index contributed by atoms with van der Waals surface area (Å²) in [6, 6.07) is -0.212. The van der Waals surface area contributed by atoms with E-state index in [1.165, 1.54) is 6.42 Å². The minimum Gasteiger partial charge on any atom is -0.295 e. The van der Waals surface area contributed by atoms with Crippen LogP contribution in [-0.2, 0) is 0 Å². The molecule has 1 aliphatic carbocycles. The van der Waals surface area contributed by atoms with Gasteiger partial charge in [-0.15, -0.1) is 0 Å². The molecule has 4 nitrogen and oxygen atoms in total. The van der Waals surface area contributed by atoms with Crippen LogP contribution in [0.2, 0.25) is 5.15 Å². The third-order valence-electron chi connectivity index (χ3n) is 3.91. The van der Waals surface area contributed by atoms with Crippen molar-refractivity contribution in [1.82, 2.24) is 9.55 Å². The van der Waals surface area contributed by atoms with Gasteiger partial charge >= 0.3 is 5.69 Å². The number of halogens is 2. The van der Waals surface area contributed by atoms with Crippen LogP contribution in [0.15, 0.2) is 9.59 Å². The second-order valence-corrected chi connectivity index (χ2v) is 5.57. The van der Waals surface area contributed by atoms with E-state index in [0.717, 1.165) is 36.7 Å². The summed E-state index contributed by atoms with van der Waals surface area (Å²) < 4.78 is 14.5. The predicted octanol–water partition coefficient (Wildman–Crippen LogP) is 2.86. The summed E-state index contributed by atoms with van der Waals surface area (Å²) in [5.74, 6) is -0.412. The molecule has 0 bridgehead atoms. The molecule has 19 heavy (non-hydrogen) atoms. The molecule has 1 aromatic rings. The molecule has 0 aliphatic heterocycles. The van der Waals surface area contributed by atoms with Crippen molar-refractivity contribution in [2.24, 2.45) is 5.92 Å². The number of hydrogen-bond acceptors (Lipinski definition) is 2. The van der Waals surface area contributed by atoms with Gasteiger partial charge < -0.3 is 0 Å². The molecular formula is C13H18ClFN2O2. The van der Waals surface area contributed by atoms with Crippen LogP contribution in [0.25, 0.3) is 0 Å². The lowest BCUT2D eigenvalue weighted by molar-refractivity contribution is 0.251. The van der Waals surface area contributed by atoms with Gasteiger partial charge in [-0.25, -0.2) is 4.79 Å². The molecule has 0 spiro atoms. The molecule has 0 amide bonds. The predicted molar refractivity (Wildman–Crippen MR) is 72.2 cm³/mol. The van der Waals surface area contributed by atoms with E-state index in [9.17, 15) is 14.0 Å². The van der Waals surface area contributed by atoms with Crippen LogP contribution < -0.4 is 11.2 Å². The summed E-state index contributed by atoms with van der Waals surface area (Å²) in [5.41, 5.74) is -1.52. The lowest BCUT2D eigenvalue weighted by atomic mass is 9.83. The van der Waals surface area contributed by atoms with Crippen LogP contribution in [0, 0.1) is 11.7 Å². The maximum absolute atomic E-state index is 13.5. The van der Waals surface area contributed by atoms with E-state index in [1.807, 2.05) is 0 Å². The zero-order chi connectivity index (χ0) is 14.0. The number of rotatable bonds is 3. The highest BCUT2D eigenvalue weighted by atomic mass is 35.5. The Bertz CT molecular complexity index is 559. The van der Waals surface area contributed by atoms with E-state index in [-0.39, 0.29) is 6.04 Å². The van der Waals surface area contributed by atoms with Crippen molar-refractivity contribution in [3.05, 3.63) is 31.8 Å². The Morgan fingerprint density at radius 1 is 1.32 bits per heavy atom. The fourth-order valence-electron chi connectivity index (χ4n) is 2.93. The van der Waals surface area contributed by atoms with Crippen molar-refractivity contribution >= 4 is 11.6 Å². The Morgan fingerprint density at radius 3 is 2.53 bits per heavy atom. The molecule has 1 aliphatic rings. The molecule has 6 heteroatoms. The fourth-order valence-corrected chi connectivity index (χ4v) is 3.09. The van der Waals surface area contributed by atoms with Gasteiger partial charge in [0.1, 0.15) is 0 Å². The Labute approximate surface area is 115 Å². The highest BCUT2D eigenvalue weighted by Gasteiger charge is 2.25. The molecule has 0 radical (unpaired) electrons. The molecule has 0 aromatic carbocycles. The second kappa shape index (κ2) is 5.90. The molecule has 1 saturated carbocycles. The Balaban J connectivity index is 2.23. The van der Waals surface area contributed by atoms with Gasteiger partial charge in [0.05, 0.1) is 0 Å². The minimum atomic E-state index is -1.07. The fraction of sp³-hybridized carbons (Fsp3) is 0.692. The van der Waals surface area contributed by atoms with Crippen molar-refractivity contribution < 1.29 is 4.39 Å². The summed E-state index contributed by atoms with van der Waals surface area (Å²) in [4.78, 5) is 25.8. The lowest BCUT2D eigenvalue weighted by Crippen LogP contribution is -2.41. The number of aromatic nitrogens is 2. The molecule has 0 saturated heterocycles. The van der Waals surface area contributed by atoms with Crippen molar-refractivity contribution in [2.75, 3.05) is 0 Å². The van der Waals surface area contributed by atoms with E-state index in [4.69, 9.17) is 11.6 Å². The number of aromatic amines is 1. The van der Waals surface area contributed by atoms with Crippen molar-refractivity contribution in [3.8, 4) is 0 Å². The topological polar surface area (TPSA) is 54.9 Å². The van der Waals surface area contributed by atoms with Gasteiger partial charge in [-0.3, -0.25) is 14.3 Å². The first-order chi connectivity index (χ1) is 9.04. The SMILES string of the molecule is CCCC1CCC(n2c(=O)[nH]c(Cl)c(F)c2=O)CC1. The molecule has 0 atom stereocenters. The van der Waals surface area contributed by atoms with Gasteiger partial charge in [0.25, 0.3) is 5.56 Å². The first-order valence-corrected chi connectivity index (χ1v) is 7.12. The standard InChI is InChI=1S/C13H18ClFN2O2/c1-2-3-8-4-6-9(7-5-8)17-12(18)10(15)11(14)16-13(17)19/h8-9H,2-7H2,1H3,(H,16,19). The summed E-state index contributed by atoms with van der Waals surface area (Å²) >= 11 is 5.45. The monoisotopic (exact) mass is 288 g/mol. The zero-order valence-electron chi connectivity index (χ0n) is 10.9. The van der Waals surface area contributed by atoms with Crippen LogP contribution in [0.3, 0.4) is 0 Å². The van der Waals surface area contributed by atoms with Crippen LogP contribution >= 0.6 is 11.6 Å². The maximum atomic E-state index is 13.5. The quantitative estimate of drug-likeness (QED) is 0.870. The average molecular weight is 289 g/mol. The lowest BCUT2D eigenvalue weighted by Gasteiger charge is -2.28. The normalized spacial score (nSPS) is 23.5. The van der Waals surface area contributed by atoms with E-state index in [0.29, 0.717) is 5.92 Å². The molecule has 1 heterocycles. The molecule has 0 unspecified atom stereocenters. The van der Waals surface area contributed by atoms with Gasteiger partial charge in [0.15, 0.2) is 5.15 Å². The van der Waals surface area contributed by atoms with Gasteiger partial charge in [-0.2, -0.15) is 4.39 Å². The highest BCUT2D eigenvalue weighted by molar-refractivity contribution is 6.29. The number of nitrogens with one attached hydrogen (secondary N) is 1. The summed E-state index contributed by atoms with van der Waals surface area (Å²) in [6.45, 7) is 2.15. The van der Waals surface area contributed by atoms with E-state index < -0.39 is 22.2 Å². The molecule has 106 valence electrons. The van der Waals surface area contributed by atoms with E-state index in [1.54, 1.807) is 0 Å². The van der Waals surface area contributed by atoms with Gasteiger partial charge in [-0.05, 0) is 31.6 Å². The molecular weight excluding hydrogens is 271 g/mol. The molecule has 1 aromatic heterocycles. The smallest absolute Gasteiger partial charge is 0.295 e. The highest BCUT2D eigenvalue weighted by Crippen LogP contribution is 2.33. The van der Waals surface area contributed by atoms with Crippen LogP contribution in [0.5, 0.6) is 0 Å². The summed E-state index contributed by atoms with van der Waals surface area (Å²) in [5, 5.41) is -0.508. The first kappa shape index (κ1) is 14.3. The zero-order valence-corrected chi connectivity index (χ0v) is 11.7. The third-order valence-corrected chi connectivity index (χ3v) is 4.17. The first-order valence-electron chi connectivity index (χ1n) is 6.74. The molecule has 1 fully saturated rings. The Morgan fingerprint density at radius 2 is 1.95 bits per heavy atom. The van der Waals surface area contributed by atoms with E-state index >= 15 is 0 Å². The summed E-state index contributed by atoms with van der Waals surface area (Å²) in [7, 11) is 0. The Hall–Kier alpha value is -1.10. The van der Waals surface area contributed by atoms with E-state index in [2.05, 4.69) is 11.9 Å². The van der Waals surface area contributed by atoms with Crippen molar-refractivity contribution in [1.29, 1.82) is 0 Å². The van der Waals surface area contributed by atoms with Crippen LogP contribution in [-0.4, -0.2) is 9.55 Å². The van der Waals surface area contributed by atoms with Crippen LogP contribution in [0.4, 0.5) is 4.39 Å². The number of H-pyrrole nitrogens is 1. The van der Waals surface area contributed by atoms with Crippen molar-refractivity contribution in [3.63, 3.8) is 0 Å².